The van der Waals surface area contributed by atoms with Crippen LogP contribution in [0, 0.1) is 10.1 Å². The fourth-order valence-electron chi connectivity index (χ4n) is 2.24. The zero-order valence-electron chi connectivity index (χ0n) is 14.0. The molecule has 0 atom stereocenters. The van der Waals surface area contributed by atoms with Crippen molar-refractivity contribution >= 4 is 23.3 Å². The summed E-state index contributed by atoms with van der Waals surface area (Å²) in [7, 11) is 0. The molecular weight excluding hydrogens is 334 g/mol. The van der Waals surface area contributed by atoms with Gasteiger partial charge in [0.15, 0.2) is 5.75 Å². The van der Waals surface area contributed by atoms with Crippen LogP contribution in [-0.4, -0.2) is 24.1 Å². The van der Waals surface area contributed by atoms with Gasteiger partial charge in [-0.15, -0.1) is 0 Å². The van der Waals surface area contributed by atoms with Crippen molar-refractivity contribution < 1.29 is 19.2 Å². The number of unbranched alkanes of at least 4 members (excludes halogenated alkanes) is 6. The molecule has 0 unspecified atom stereocenters. The largest absolute Gasteiger partial charge is 0.487 e. The highest BCUT2D eigenvalue weighted by Gasteiger charge is 2.15. The molecule has 134 valence electrons. The molecule has 6 nitrogen and oxygen atoms in total. The third kappa shape index (κ3) is 8.72. The summed E-state index contributed by atoms with van der Waals surface area (Å²) in [6, 6.07) is 4.41. The smallest absolute Gasteiger partial charge is 0.312 e. The van der Waals surface area contributed by atoms with Crippen LogP contribution in [0.4, 0.5) is 5.69 Å². The van der Waals surface area contributed by atoms with Gasteiger partial charge in [-0.3, -0.25) is 14.9 Å². The number of hydrogen-bond acceptors (Lipinski definition) is 5. The normalized spacial score (nSPS) is 10.4. The molecule has 1 aromatic carbocycles. The predicted octanol–water partition coefficient (Wildman–Crippen LogP) is 4.92. The van der Waals surface area contributed by atoms with E-state index in [1.807, 2.05) is 0 Å². The quantitative estimate of drug-likeness (QED) is 0.229. The van der Waals surface area contributed by atoms with E-state index in [-0.39, 0.29) is 17.4 Å². The van der Waals surface area contributed by atoms with Gasteiger partial charge >= 0.3 is 11.7 Å². The average Bonchev–Trinajstić information content (AvgIpc) is 2.53. The lowest BCUT2D eigenvalue weighted by atomic mass is 10.1. The van der Waals surface area contributed by atoms with E-state index in [4.69, 9.17) is 21.1 Å². The number of nitrogens with zero attached hydrogens (tertiary/aromatic N) is 1. The number of carbonyl (C=O) groups excluding carboxylic acids is 1. The summed E-state index contributed by atoms with van der Waals surface area (Å²) in [6.07, 6.45) is 7.17. The lowest BCUT2D eigenvalue weighted by Crippen LogP contribution is -2.01. The highest BCUT2D eigenvalue weighted by Crippen LogP contribution is 2.30. The van der Waals surface area contributed by atoms with Gasteiger partial charge in [0.2, 0.25) is 0 Å². The van der Waals surface area contributed by atoms with Gasteiger partial charge in [0.25, 0.3) is 0 Å². The summed E-state index contributed by atoms with van der Waals surface area (Å²) >= 11 is 5.76. The van der Waals surface area contributed by atoms with E-state index in [2.05, 4.69) is 0 Å². The Morgan fingerprint density at radius 3 is 2.25 bits per heavy atom. The molecule has 0 bridgehead atoms. The summed E-state index contributed by atoms with van der Waals surface area (Å²) in [5.74, 6) is 0.0331. The molecule has 1 aromatic rings. The maximum Gasteiger partial charge on any atom is 0.312 e. The number of carbonyl (C=O) groups is 1. The molecule has 7 heteroatoms. The molecular formula is C17H24ClNO5. The Balaban J connectivity index is 2.07. The van der Waals surface area contributed by atoms with Crippen LogP contribution in [-0.2, 0) is 9.53 Å². The Bertz CT molecular complexity index is 536. The van der Waals surface area contributed by atoms with Crippen molar-refractivity contribution in [1.82, 2.24) is 0 Å². The third-order valence-electron chi connectivity index (χ3n) is 3.47. The standard InChI is InChI=1S/C17H24ClNO5/c1-14(20)23-11-7-5-3-2-4-6-8-12-24-17-10-9-15(18)13-16(17)19(21)22/h9-10,13H,2-8,11-12H2,1H3. The number of nitro benzene ring substituents is 1. The van der Waals surface area contributed by atoms with Crippen LogP contribution in [0.1, 0.15) is 51.9 Å². The number of ether oxygens (including phenoxy) is 2. The Morgan fingerprint density at radius 2 is 1.67 bits per heavy atom. The van der Waals surface area contributed by atoms with Gasteiger partial charge in [-0.05, 0) is 25.0 Å². The Hall–Kier alpha value is -1.82. The molecule has 0 aliphatic carbocycles. The van der Waals surface area contributed by atoms with E-state index >= 15 is 0 Å². The number of hydrogen-bond donors (Lipinski definition) is 0. The first kappa shape index (κ1) is 20.2. The van der Waals surface area contributed by atoms with Gasteiger partial charge in [-0.25, -0.2) is 0 Å². The highest BCUT2D eigenvalue weighted by molar-refractivity contribution is 6.30. The van der Waals surface area contributed by atoms with Gasteiger partial charge in [0.05, 0.1) is 18.1 Å². The summed E-state index contributed by atoms with van der Waals surface area (Å²) in [6.45, 7) is 2.37. The van der Waals surface area contributed by atoms with E-state index in [9.17, 15) is 14.9 Å². The zero-order chi connectivity index (χ0) is 17.8. The minimum atomic E-state index is -0.489. The minimum absolute atomic E-state index is 0.102. The lowest BCUT2D eigenvalue weighted by molar-refractivity contribution is -0.385. The van der Waals surface area contributed by atoms with Crippen LogP contribution in [0.2, 0.25) is 5.02 Å². The first-order chi connectivity index (χ1) is 11.5. The van der Waals surface area contributed by atoms with E-state index < -0.39 is 4.92 Å². The fraction of sp³-hybridized carbons (Fsp3) is 0.588. The second kappa shape index (κ2) is 11.7. The van der Waals surface area contributed by atoms with Gasteiger partial charge in [-0.1, -0.05) is 43.7 Å². The Morgan fingerprint density at radius 1 is 1.08 bits per heavy atom. The van der Waals surface area contributed by atoms with Gasteiger partial charge < -0.3 is 9.47 Å². The number of rotatable bonds is 12. The van der Waals surface area contributed by atoms with Gasteiger partial charge in [0, 0.05) is 18.0 Å². The molecule has 0 aromatic heterocycles. The molecule has 0 spiro atoms. The van der Waals surface area contributed by atoms with Crippen LogP contribution in [0.3, 0.4) is 0 Å². The van der Waals surface area contributed by atoms with E-state index in [0.717, 1.165) is 44.9 Å². The first-order valence-corrected chi connectivity index (χ1v) is 8.58. The van der Waals surface area contributed by atoms with Crippen molar-refractivity contribution in [3.05, 3.63) is 33.3 Å². The van der Waals surface area contributed by atoms with Crippen molar-refractivity contribution in [2.75, 3.05) is 13.2 Å². The Labute approximate surface area is 147 Å². The van der Waals surface area contributed by atoms with E-state index in [1.54, 1.807) is 6.07 Å². The van der Waals surface area contributed by atoms with Gasteiger partial charge in [0.1, 0.15) is 0 Å². The number of esters is 1. The molecule has 0 fully saturated rings. The van der Waals surface area contributed by atoms with Crippen LogP contribution in [0.15, 0.2) is 18.2 Å². The van der Waals surface area contributed by atoms with Gasteiger partial charge in [-0.2, -0.15) is 0 Å². The molecule has 0 N–H and O–H groups in total. The summed E-state index contributed by atoms with van der Waals surface area (Å²) in [5, 5.41) is 11.3. The first-order valence-electron chi connectivity index (χ1n) is 8.21. The number of benzene rings is 1. The molecule has 0 aliphatic rings. The predicted molar refractivity (Wildman–Crippen MR) is 92.6 cm³/mol. The summed E-state index contributed by atoms with van der Waals surface area (Å²) in [5.41, 5.74) is -0.102. The number of nitro groups is 1. The second-order valence-corrected chi connectivity index (χ2v) is 5.97. The van der Waals surface area contributed by atoms with Crippen LogP contribution < -0.4 is 4.74 Å². The molecule has 24 heavy (non-hydrogen) atoms. The van der Waals surface area contributed by atoms with E-state index in [1.165, 1.54) is 19.1 Å². The van der Waals surface area contributed by atoms with Crippen molar-refractivity contribution in [3.63, 3.8) is 0 Å². The molecule has 0 saturated carbocycles. The van der Waals surface area contributed by atoms with Crippen molar-refractivity contribution in [2.24, 2.45) is 0 Å². The second-order valence-electron chi connectivity index (χ2n) is 5.53. The topological polar surface area (TPSA) is 78.7 Å². The lowest BCUT2D eigenvalue weighted by Gasteiger charge is -2.07. The maximum absolute atomic E-state index is 10.9. The molecule has 0 aliphatic heterocycles. The highest BCUT2D eigenvalue weighted by atomic mass is 35.5. The molecule has 0 amide bonds. The van der Waals surface area contributed by atoms with Crippen molar-refractivity contribution in [3.8, 4) is 5.75 Å². The summed E-state index contributed by atoms with van der Waals surface area (Å²) < 4.78 is 10.4. The van der Waals surface area contributed by atoms with Crippen molar-refractivity contribution in [2.45, 2.75) is 51.9 Å². The van der Waals surface area contributed by atoms with Crippen LogP contribution >= 0.6 is 11.6 Å². The average molecular weight is 358 g/mol. The zero-order valence-corrected chi connectivity index (χ0v) is 14.7. The molecule has 0 saturated heterocycles. The molecule has 0 heterocycles. The third-order valence-corrected chi connectivity index (χ3v) is 3.70. The minimum Gasteiger partial charge on any atom is -0.487 e. The molecule has 0 radical (unpaired) electrons. The maximum atomic E-state index is 10.9. The fourth-order valence-corrected chi connectivity index (χ4v) is 2.41. The van der Waals surface area contributed by atoms with Crippen LogP contribution in [0.25, 0.3) is 0 Å². The SMILES string of the molecule is CC(=O)OCCCCCCCCCOc1ccc(Cl)cc1[N+](=O)[O-]. The number of halogens is 1. The van der Waals surface area contributed by atoms with Crippen molar-refractivity contribution in [1.29, 1.82) is 0 Å². The monoisotopic (exact) mass is 357 g/mol. The summed E-state index contributed by atoms with van der Waals surface area (Å²) in [4.78, 5) is 21.0. The Kier molecular flexibility index (Phi) is 9.84. The van der Waals surface area contributed by atoms with E-state index in [0.29, 0.717) is 18.2 Å². The van der Waals surface area contributed by atoms with Crippen LogP contribution in [0.5, 0.6) is 5.75 Å². The molecule has 1 rings (SSSR count).